The molecule has 3 rings (SSSR count). The minimum Gasteiger partial charge on any atom is -0.329 e. The number of hydrogen-bond acceptors (Lipinski definition) is 5. The molecule has 0 radical (unpaired) electrons. The number of nitrogens with one attached hydrogen (secondary N) is 3. The highest BCUT2D eigenvalue weighted by Crippen LogP contribution is 2.15. The maximum atomic E-state index is 13.6. The molecule has 2 aromatic heterocycles. The van der Waals surface area contributed by atoms with Gasteiger partial charge in [0, 0.05) is 17.8 Å². The van der Waals surface area contributed by atoms with E-state index >= 15 is 0 Å². The van der Waals surface area contributed by atoms with E-state index < -0.39 is 5.82 Å². The fourth-order valence-corrected chi connectivity index (χ4v) is 2.82. The normalized spacial score (nSPS) is 10.6. The topological polar surface area (TPSA) is 96.2 Å². The number of hydrogen-bond donors (Lipinski definition) is 3. The highest BCUT2D eigenvalue weighted by molar-refractivity contribution is 7.80. The second kappa shape index (κ2) is 8.04. The predicted octanol–water partition coefficient (Wildman–Crippen LogP) is 1.83. The molecule has 0 spiro atoms. The Balaban J connectivity index is 1.53. The molecule has 2 heterocycles. The first-order chi connectivity index (χ1) is 13.0. The molecule has 3 aromatic rings. The summed E-state index contributed by atoms with van der Waals surface area (Å²) in [5.74, 6) is -0.162. The second-order valence-electron chi connectivity index (χ2n) is 5.84. The van der Waals surface area contributed by atoms with Gasteiger partial charge in [-0.2, -0.15) is 10.1 Å². The zero-order valence-corrected chi connectivity index (χ0v) is 15.6. The molecular weight excluding hydrogens is 369 g/mol. The van der Waals surface area contributed by atoms with Gasteiger partial charge in [-0.3, -0.25) is 15.6 Å². The van der Waals surface area contributed by atoms with Crippen molar-refractivity contribution in [2.45, 2.75) is 26.7 Å². The van der Waals surface area contributed by atoms with Gasteiger partial charge in [0.2, 0.25) is 5.91 Å². The summed E-state index contributed by atoms with van der Waals surface area (Å²) < 4.78 is 15.2. The molecule has 0 saturated carbocycles. The van der Waals surface area contributed by atoms with Gasteiger partial charge in [0.1, 0.15) is 12.1 Å². The van der Waals surface area contributed by atoms with Crippen molar-refractivity contribution in [3.8, 4) is 0 Å². The number of aryl methyl sites for hydroxylation is 2. The van der Waals surface area contributed by atoms with Crippen LogP contribution in [0.5, 0.6) is 0 Å². The average Bonchev–Trinajstić information content (AvgIpc) is 3.10. The fraction of sp³-hybridized carbons (Fsp3) is 0.235. The number of carbonyl (C=O) groups is 1. The number of rotatable bonds is 4. The van der Waals surface area contributed by atoms with Gasteiger partial charge in [0.25, 0.3) is 5.78 Å². The van der Waals surface area contributed by atoms with Crippen LogP contribution in [0.3, 0.4) is 0 Å². The van der Waals surface area contributed by atoms with Crippen molar-refractivity contribution in [2.75, 3.05) is 5.32 Å². The van der Waals surface area contributed by atoms with Crippen molar-refractivity contribution in [1.82, 2.24) is 30.4 Å². The lowest BCUT2D eigenvalue weighted by Crippen LogP contribution is -2.44. The molecule has 27 heavy (non-hydrogen) atoms. The third-order valence-electron chi connectivity index (χ3n) is 4.03. The number of thiocarbonyl (C=S) groups is 1. The van der Waals surface area contributed by atoms with Gasteiger partial charge in [0.05, 0.1) is 5.69 Å². The van der Waals surface area contributed by atoms with E-state index in [0.29, 0.717) is 12.2 Å². The molecule has 1 aromatic carbocycles. The molecule has 10 heteroatoms. The summed E-state index contributed by atoms with van der Waals surface area (Å²) in [5.41, 5.74) is 7.92. The maximum absolute atomic E-state index is 13.6. The molecule has 0 aliphatic carbocycles. The molecule has 0 aliphatic heterocycles. The van der Waals surface area contributed by atoms with Crippen molar-refractivity contribution in [3.63, 3.8) is 0 Å². The number of nitrogens with zero attached hydrogens (tertiary/aromatic N) is 4. The Kier molecular flexibility index (Phi) is 5.55. The van der Waals surface area contributed by atoms with Crippen LogP contribution in [-0.4, -0.2) is 30.6 Å². The Bertz CT molecular complexity index is 1000. The van der Waals surface area contributed by atoms with Crippen LogP contribution in [0.1, 0.15) is 23.4 Å². The van der Waals surface area contributed by atoms with Gasteiger partial charge < -0.3 is 5.32 Å². The molecule has 0 atom stereocenters. The highest BCUT2D eigenvalue weighted by Gasteiger charge is 2.12. The number of aromatic nitrogens is 4. The van der Waals surface area contributed by atoms with E-state index in [1.54, 1.807) is 22.7 Å². The Morgan fingerprint density at radius 3 is 2.81 bits per heavy atom. The molecular formula is C17H18FN7OS. The third-order valence-corrected chi connectivity index (χ3v) is 4.23. The number of anilines is 1. The van der Waals surface area contributed by atoms with E-state index in [4.69, 9.17) is 12.2 Å². The van der Waals surface area contributed by atoms with E-state index in [9.17, 15) is 9.18 Å². The Hall–Kier alpha value is -3.14. The van der Waals surface area contributed by atoms with Crippen molar-refractivity contribution < 1.29 is 9.18 Å². The first kappa shape index (κ1) is 18.6. The molecule has 140 valence electrons. The zero-order valence-electron chi connectivity index (χ0n) is 14.8. The monoisotopic (exact) mass is 387 g/mol. The Morgan fingerprint density at radius 2 is 2.04 bits per heavy atom. The van der Waals surface area contributed by atoms with Crippen LogP contribution in [0.4, 0.5) is 10.1 Å². The Morgan fingerprint density at radius 1 is 1.26 bits per heavy atom. The summed E-state index contributed by atoms with van der Waals surface area (Å²) in [6.45, 7) is 3.79. The average molecular weight is 387 g/mol. The molecule has 1 amide bonds. The fourth-order valence-electron chi connectivity index (χ4n) is 2.66. The van der Waals surface area contributed by atoms with E-state index in [0.717, 1.165) is 17.0 Å². The summed E-state index contributed by atoms with van der Waals surface area (Å²) in [4.78, 5) is 20.5. The summed E-state index contributed by atoms with van der Waals surface area (Å²) in [7, 11) is 0. The first-order valence-electron chi connectivity index (χ1n) is 8.22. The molecule has 3 N–H and O–H groups in total. The van der Waals surface area contributed by atoms with Crippen LogP contribution < -0.4 is 16.2 Å². The molecule has 0 saturated heterocycles. The van der Waals surface area contributed by atoms with Crippen LogP contribution in [0.15, 0.2) is 30.6 Å². The largest absolute Gasteiger partial charge is 0.329 e. The summed E-state index contributed by atoms with van der Waals surface area (Å²) in [6, 6.07) is 6.11. The van der Waals surface area contributed by atoms with Crippen molar-refractivity contribution in [3.05, 3.63) is 53.4 Å². The lowest BCUT2D eigenvalue weighted by Gasteiger charge is -2.13. The van der Waals surface area contributed by atoms with Gasteiger partial charge >= 0.3 is 0 Å². The number of para-hydroxylation sites is 1. The van der Waals surface area contributed by atoms with E-state index in [2.05, 4.69) is 31.2 Å². The van der Waals surface area contributed by atoms with Crippen LogP contribution in [-0.2, 0) is 11.2 Å². The zero-order chi connectivity index (χ0) is 19.4. The minimum absolute atomic E-state index is 0.0894. The van der Waals surface area contributed by atoms with Gasteiger partial charge in [-0.05, 0) is 50.2 Å². The summed E-state index contributed by atoms with van der Waals surface area (Å²) in [6.07, 6.45) is 2.15. The van der Waals surface area contributed by atoms with Crippen molar-refractivity contribution in [2.24, 2.45) is 0 Å². The summed E-state index contributed by atoms with van der Waals surface area (Å²) in [5, 5.41) is 6.89. The van der Waals surface area contributed by atoms with Gasteiger partial charge in [-0.1, -0.05) is 12.1 Å². The minimum atomic E-state index is -0.435. The smallest absolute Gasteiger partial charge is 0.252 e. The van der Waals surface area contributed by atoms with E-state index in [1.165, 1.54) is 12.4 Å². The lowest BCUT2D eigenvalue weighted by atomic mass is 10.1. The predicted molar refractivity (Wildman–Crippen MR) is 102 cm³/mol. The first-order valence-corrected chi connectivity index (χ1v) is 8.62. The van der Waals surface area contributed by atoms with Crippen molar-refractivity contribution in [1.29, 1.82) is 0 Å². The number of fused-ring (bicyclic) bond motifs is 1. The molecule has 0 unspecified atom stereocenters. The SMILES string of the molecule is Cc1nc2ncnn2c(C)c1CCC(=O)NNC(=S)Nc1ccccc1F. The van der Waals surface area contributed by atoms with Gasteiger partial charge in [-0.25, -0.2) is 13.9 Å². The van der Waals surface area contributed by atoms with E-state index in [-0.39, 0.29) is 23.1 Å². The van der Waals surface area contributed by atoms with E-state index in [1.807, 2.05) is 13.8 Å². The standard InChI is InChI=1S/C17H18FN7OS/c1-10-12(11(2)25-16(21-10)19-9-20-25)7-8-15(26)23-24-17(27)22-14-6-4-3-5-13(14)18/h3-6,9H,7-8H2,1-2H3,(H,23,26)(H2,22,24,27). The van der Waals surface area contributed by atoms with Crippen LogP contribution in [0.25, 0.3) is 5.78 Å². The van der Waals surface area contributed by atoms with Crippen LogP contribution in [0.2, 0.25) is 0 Å². The van der Waals surface area contributed by atoms with Crippen LogP contribution >= 0.6 is 12.2 Å². The van der Waals surface area contributed by atoms with Gasteiger partial charge in [-0.15, -0.1) is 0 Å². The number of amides is 1. The second-order valence-corrected chi connectivity index (χ2v) is 6.25. The molecule has 8 nitrogen and oxygen atoms in total. The van der Waals surface area contributed by atoms with Crippen LogP contribution in [0, 0.1) is 19.7 Å². The number of carbonyl (C=O) groups excluding carboxylic acids is 1. The number of halogens is 1. The highest BCUT2D eigenvalue weighted by atomic mass is 32.1. The molecule has 0 bridgehead atoms. The van der Waals surface area contributed by atoms with Gasteiger partial charge in [0.15, 0.2) is 5.11 Å². The third kappa shape index (κ3) is 4.34. The molecule has 0 fully saturated rings. The molecule has 0 aliphatic rings. The van der Waals surface area contributed by atoms with Crippen molar-refractivity contribution >= 4 is 34.7 Å². The quantitative estimate of drug-likeness (QED) is 0.464. The number of hydrazine groups is 1. The maximum Gasteiger partial charge on any atom is 0.252 e. The Labute approximate surface area is 160 Å². The number of benzene rings is 1. The lowest BCUT2D eigenvalue weighted by molar-refractivity contribution is -0.121. The summed E-state index contributed by atoms with van der Waals surface area (Å²) >= 11 is 5.04.